The molecule has 8 heteroatoms. The van der Waals surface area contributed by atoms with E-state index < -0.39 is 14.9 Å². The summed E-state index contributed by atoms with van der Waals surface area (Å²) in [5, 5.41) is 8.92. The molecule has 1 fully saturated rings. The number of thiazole rings is 1. The van der Waals surface area contributed by atoms with Gasteiger partial charge in [0.2, 0.25) is 0 Å². The van der Waals surface area contributed by atoms with Gasteiger partial charge in [-0.05, 0) is 19.8 Å². The van der Waals surface area contributed by atoms with Crippen molar-refractivity contribution in [1.29, 1.82) is 5.26 Å². The van der Waals surface area contributed by atoms with Crippen molar-refractivity contribution < 1.29 is 8.42 Å². The highest BCUT2D eigenvalue weighted by Gasteiger charge is 2.32. The zero-order valence-corrected chi connectivity index (χ0v) is 11.4. The van der Waals surface area contributed by atoms with E-state index >= 15 is 0 Å². The van der Waals surface area contributed by atoms with Gasteiger partial charge < -0.3 is 4.98 Å². The Bertz CT molecular complexity index is 638. The van der Waals surface area contributed by atoms with Gasteiger partial charge in [-0.3, -0.25) is 4.79 Å². The van der Waals surface area contributed by atoms with Crippen molar-refractivity contribution >= 4 is 21.4 Å². The minimum atomic E-state index is -3.71. The first-order chi connectivity index (χ1) is 8.44. The van der Waals surface area contributed by atoms with Crippen LogP contribution in [0.25, 0.3) is 0 Å². The minimum absolute atomic E-state index is 0.0103. The molecule has 1 aliphatic carbocycles. The lowest BCUT2D eigenvalue weighted by molar-refractivity contribution is 0.516. The second-order valence-electron chi connectivity index (χ2n) is 4.32. The van der Waals surface area contributed by atoms with Gasteiger partial charge in [-0.1, -0.05) is 17.8 Å². The normalized spacial score (nSPS) is 24.0. The molecule has 98 valence electrons. The number of aromatic nitrogens is 1. The molecule has 0 spiro atoms. The van der Waals surface area contributed by atoms with Gasteiger partial charge in [0.1, 0.15) is 0 Å². The van der Waals surface area contributed by atoms with Crippen LogP contribution in [0.4, 0.5) is 0 Å². The zero-order valence-electron chi connectivity index (χ0n) is 9.76. The molecule has 1 aromatic rings. The number of hydrogen-bond donors (Lipinski definition) is 2. The smallest absolute Gasteiger partial charge is 0.305 e. The topological polar surface area (TPSA) is 103 Å². The molecule has 2 atom stereocenters. The highest BCUT2D eigenvalue weighted by molar-refractivity contribution is 7.91. The Morgan fingerprint density at radius 3 is 2.78 bits per heavy atom. The van der Waals surface area contributed by atoms with E-state index in [0.29, 0.717) is 29.9 Å². The van der Waals surface area contributed by atoms with E-state index in [1.807, 2.05) is 0 Å². The van der Waals surface area contributed by atoms with Crippen LogP contribution in [0.1, 0.15) is 25.0 Å². The number of sulfonamides is 1. The fourth-order valence-corrected chi connectivity index (χ4v) is 4.78. The molecule has 1 aromatic heterocycles. The maximum Gasteiger partial charge on any atom is 0.305 e. The monoisotopic (exact) mass is 287 g/mol. The second-order valence-corrected chi connectivity index (χ2v) is 7.21. The maximum absolute atomic E-state index is 12.1. The number of aromatic amines is 1. The van der Waals surface area contributed by atoms with Gasteiger partial charge in [-0.2, -0.15) is 5.26 Å². The number of nitrogens with one attached hydrogen (secondary N) is 2. The van der Waals surface area contributed by atoms with Gasteiger partial charge >= 0.3 is 4.87 Å². The lowest BCUT2D eigenvalue weighted by atomic mass is 10.1. The molecule has 1 heterocycles. The minimum Gasteiger partial charge on any atom is -0.315 e. The van der Waals surface area contributed by atoms with E-state index in [-0.39, 0.29) is 16.2 Å². The quantitative estimate of drug-likeness (QED) is 0.854. The first-order valence-corrected chi connectivity index (χ1v) is 7.85. The molecule has 0 radical (unpaired) electrons. The molecule has 2 unspecified atom stereocenters. The largest absolute Gasteiger partial charge is 0.315 e. The average Bonchev–Trinajstić information content (AvgIpc) is 2.84. The van der Waals surface area contributed by atoms with E-state index in [4.69, 9.17) is 5.26 Å². The Morgan fingerprint density at radius 1 is 1.50 bits per heavy atom. The molecule has 6 nitrogen and oxygen atoms in total. The summed E-state index contributed by atoms with van der Waals surface area (Å²) >= 11 is 0.669. The molecule has 0 saturated heterocycles. The van der Waals surface area contributed by atoms with E-state index in [1.165, 1.54) is 0 Å². The van der Waals surface area contributed by atoms with Crippen molar-refractivity contribution in [3.05, 3.63) is 15.4 Å². The van der Waals surface area contributed by atoms with Crippen LogP contribution in [-0.2, 0) is 10.0 Å². The lowest BCUT2D eigenvalue weighted by Gasteiger charge is -2.14. The predicted octanol–water partition coefficient (Wildman–Crippen LogP) is 0.715. The highest BCUT2D eigenvalue weighted by atomic mass is 32.2. The third-order valence-electron chi connectivity index (χ3n) is 3.01. The van der Waals surface area contributed by atoms with Gasteiger partial charge in [0.25, 0.3) is 10.0 Å². The number of aryl methyl sites for hydroxylation is 1. The summed E-state index contributed by atoms with van der Waals surface area (Å²) in [4.78, 5) is 13.2. The molecule has 2 rings (SSSR count). The summed E-state index contributed by atoms with van der Waals surface area (Å²) in [6.07, 6.45) is 2.22. The van der Waals surface area contributed by atoms with E-state index in [1.54, 1.807) is 6.92 Å². The fourth-order valence-electron chi connectivity index (χ4n) is 2.16. The Labute approximate surface area is 109 Å². The van der Waals surface area contributed by atoms with Crippen LogP contribution < -0.4 is 9.60 Å². The molecule has 0 aliphatic heterocycles. The first-order valence-electron chi connectivity index (χ1n) is 5.55. The van der Waals surface area contributed by atoms with E-state index in [2.05, 4.69) is 15.8 Å². The van der Waals surface area contributed by atoms with Crippen LogP contribution in [0, 0.1) is 24.2 Å². The van der Waals surface area contributed by atoms with Crippen LogP contribution in [0.5, 0.6) is 0 Å². The number of nitrogens with zero attached hydrogens (tertiary/aromatic N) is 1. The Morgan fingerprint density at radius 2 is 2.22 bits per heavy atom. The molecule has 18 heavy (non-hydrogen) atoms. The molecule has 0 aromatic carbocycles. The molecule has 0 amide bonds. The maximum atomic E-state index is 12.1. The second kappa shape index (κ2) is 4.84. The first kappa shape index (κ1) is 13.3. The van der Waals surface area contributed by atoms with E-state index in [9.17, 15) is 13.2 Å². The van der Waals surface area contributed by atoms with Gasteiger partial charge in [-0.25, -0.2) is 13.1 Å². The predicted molar refractivity (Wildman–Crippen MR) is 66.7 cm³/mol. The summed E-state index contributed by atoms with van der Waals surface area (Å²) in [7, 11) is -3.71. The van der Waals surface area contributed by atoms with Crippen LogP contribution in [0.2, 0.25) is 0 Å². The van der Waals surface area contributed by atoms with Crippen LogP contribution >= 0.6 is 11.3 Å². The summed E-state index contributed by atoms with van der Waals surface area (Å²) in [5.41, 5.74) is 0.337. The molecule has 2 N–H and O–H groups in total. The summed E-state index contributed by atoms with van der Waals surface area (Å²) < 4.78 is 26.8. The average molecular weight is 287 g/mol. The molecular formula is C10H13N3O3S2. The highest BCUT2D eigenvalue weighted by Crippen LogP contribution is 2.27. The fraction of sp³-hybridized carbons (Fsp3) is 0.600. The van der Waals surface area contributed by atoms with Crippen molar-refractivity contribution in [3.8, 4) is 6.07 Å². The third kappa shape index (κ3) is 2.48. The number of H-pyrrole nitrogens is 1. The Kier molecular flexibility index (Phi) is 3.56. The van der Waals surface area contributed by atoms with Crippen LogP contribution in [0.15, 0.2) is 9.00 Å². The molecule has 1 saturated carbocycles. The number of nitriles is 1. The Hall–Kier alpha value is -1.17. The SMILES string of the molecule is Cc1[nH]c(=O)sc1S(=O)(=O)NC1CCCC1C#N. The summed E-state index contributed by atoms with van der Waals surface area (Å²) in [6, 6.07) is 1.76. The van der Waals surface area contributed by atoms with Gasteiger partial charge in [0, 0.05) is 11.7 Å². The number of hydrogen-bond acceptors (Lipinski definition) is 5. The van der Waals surface area contributed by atoms with Crippen molar-refractivity contribution in [2.75, 3.05) is 0 Å². The van der Waals surface area contributed by atoms with Crippen molar-refractivity contribution in [2.45, 2.75) is 36.4 Å². The van der Waals surface area contributed by atoms with Gasteiger partial charge in [0.15, 0.2) is 4.21 Å². The van der Waals surface area contributed by atoms with Crippen molar-refractivity contribution in [1.82, 2.24) is 9.71 Å². The molecule has 1 aliphatic rings. The molecule has 0 bridgehead atoms. The van der Waals surface area contributed by atoms with Crippen LogP contribution in [-0.4, -0.2) is 19.4 Å². The summed E-state index contributed by atoms with van der Waals surface area (Å²) in [6.45, 7) is 1.54. The Balaban J connectivity index is 2.26. The van der Waals surface area contributed by atoms with Gasteiger partial charge in [-0.15, -0.1) is 0 Å². The van der Waals surface area contributed by atoms with Gasteiger partial charge in [0.05, 0.1) is 12.0 Å². The summed E-state index contributed by atoms with van der Waals surface area (Å²) in [5.74, 6) is -0.282. The number of rotatable bonds is 3. The zero-order chi connectivity index (χ0) is 13.3. The van der Waals surface area contributed by atoms with E-state index in [0.717, 1.165) is 6.42 Å². The molecular weight excluding hydrogens is 274 g/mol. The van der Waals surface area contributed by atoms with Crippen molar-refractivity contribution in [2.24, 2.45) is 5.92 Å². The van der Waals surface area contributed by atoms with Crippen LogP contribution in [0.3, 0.4) is 0 Å². The van der Waals surface area contributed by atoms with Crippen molar-refractivity contribution in [3.63, 3.8) is 0 Å². The third-order valence-corrected chi connectivity index (χ3v) is 6.11. The lowest BCUT2D eigenvalue weighted by Crippen LogP contribution is -2.36. The standard InChI is InChI=1S/C10H13N3O3S2/c1-6-9(17-10(14)12-6)18(15,16)13-8-4-2-3-7(8)5-11/h7-8,13H,2-4H2,1H3,(H,12,14).